The van der Waals surface area contributed by atoms with Crippen LogP contribution in [0.25, 0.3) is 5.65 Å². The second kappa shape index (κ2) is 7.11. The lowest BCUT2D eigenvalue weighted by Crippen LogP contribution is -2.28. The molecule has 0 aromatic carbocycles. The molecule has 7 nitrogen and oxygen atoms in total. The van der Waals surface area contributed by atoms with Crippen molar-refractivity contribution in [2.24, 2.45) is 5.92 Å². The number of aromatic nitrogens is 4. The number of anilines is 1. The number of hydrogen-bond acceptors (Lipinski definition) is 5. The largest absolute Gasteiger partial charge is 0.368 e. The summed E-state index contributed by atoms with van der Waals surface area (Å²) in [5.41, 5.74) is 9.65. The van der Waals surface area contributed by atoms with Gasteiger partial charge in [0.15, 0.2) is 0 Å². The molecule has 3 heterocycles. The maximum Gasteiger partial charge on any atom is 0.272 e. The molecule has 3 aromatic heterocycles. The van der Waals surface area contributed by atoms with E-state index in [1.807, 2.05) is 35.7 Å². The Balaban J connectivity index is 1.86. The minimum absolute atomic E-state index is 0.130. The van der Waals surface area contributed by atoms with E-state index in [2.05, 4.69) is 28.8 Å². The number of pyridine rings is 1. The summed E-state index contributed by atoms with van der Waals surface area (Å²) >= 11 is 0. The molecule has 0 spiro atoms. The van der Waals surface area contributed by atoms with Crippen molar-refractivity contribution < 1.29 is 4.79 Å². The molecule has 0 unspecified atom stereocenters. The molecular formula is C19H24N6O. The number of carbonyl (C=O) groups is 1. The Kier molecular flexibility index (Phi) is 4.88. The van der Waals surface area contributed by atoms with Crippen molar-refractivity contribution in [2.75, 3.05) is 12.8 Å². The first-order valence-electron chi connectivity index (χ1n) is 8.66. The van der Waals surface area contributed by atoms with Gasteiger partial charge in [-0.15, -0.1) is 0 Å². The van der Waals surface area contributed by atoms with Gasteiger partial charge in [0.2, 0.25) is 5.95 Å². The zero-order valence-corrected chi connectivity index (χ0v) is 15.6. The van der Waals surface area contributed by atoms with Crippen molar-refractivity contribution in [3.63, 3.8) is 0 Å². The fraction of sp³-hybridized carbons (Fsp3) is 0.368. The number of hydrogen-bond donors (Lipinski definition) is 1. The second-order valence-corrected chi connectivity index (χ2v) is 6.93. The molecule has 3 aromatic rings. The Bertz CT molecular complexity index is 946. The first-order chi connectivity index (χ1) is 12.3. The Morgan fingerprint density at radius 1 is 1.27 bits per heavy atom. The number of imidazole rings is 1. The highest BCUT2D eigenvalue weighted by atomic mass is 16.2. The molecule has 0 aliphatic rings. The van der Waals surface area contributed by atoms with Crippen molar-refractivity contribution in [3.05, 3.63) is 53.2 Å². The van der Waals surface area contributed by atoms with Crippen LogP contribution in [0, 0.1) is 12.8 Å². The predicted octanol–water partition coefficient (Wildman–Crippen LogP) is 2.49. The van der Waals surface area contributed by atoms with Gasteiger partial charge in [0.25, 0.3) is 5.91 Å². The highest BCUT2D eigenvalue weighted by Gasteiger charge is 2.19. The highest BCUT2D eigenvalue weighted by molar-refractivity contribution is 5.92. The van der Waals surface area contributed by atoms with Crippen LogP contribution in [-0.2, 0) is 13.0 Å². The molecule has 3 rings (SSSR count). The first kappa shape index (κ1) is 17.8. The minimum atomic E-state index is -0.186. The molecule has 26 heavy (non-hydrogen) atoms. The highest BCUT2D eigenvalue weighted by Crippen LogP contribution is 2.16. The standard InChI is InChI=1S/C19H24N6O/c1-12(2)9-14-10-15(23-19(20)22-14)18(26)24(4)11-16-13(3)21-17-7-5-6-8-25(16)17/h5-8,10,12H,9,11H2,1-4H3,(H2,20,22,23). The number of nitrogens with zero attached hydrogens (tertiary/aromatic N) is 5. The van der Waals surface area contributed by atoms with Gasteiger partial charge >= 0.3 is 0 Å². The van der Waals surface area contributed by atoms with Gasteiger partial charge in [-0.05, 0) is 37.5 Å². The van der Waals surface area contributed by atoms with E-state index in [1.54, 1.807) is 18.0 Å². The van der Waals surface area contributed by atoms with Crippen LogP contribution < -0.4 is 5.73 Å². The lowest BCUT2D eigenvalue weighted by Gasteiger charge is -2.18. The number of fused-ring (bicyclic) bond motifs is 1. The molecule has 0 radical (unpaired) electrons. The molecule has 7 heteroatoms. The van der Waals surface area contributed by atoms with Gasteiger partial charge in [0.1, 0.15) is 11.3 Å². The molecular weight excluding hydrogens is 328 g/mol. The van der Waals surface area contributed by atoms with Gasteiger partial charge in [0, 0.05) is 18.9 Å². The molecule has 0 aliphatic heterocycles. The fourth-order valence-electron chi connectivity index (χ4n) is 3.00. The predicted molar refractivity (Wildman–Crippen MR) is 101 cm³/mol. The Hall–Kier alpha value is -2.96. The zero-order valence-electron chi connectivity index (χ0n) is 15.6. The van der Waals surface area contributed by atoms with Gasteiger partial charge in [-0.25, -0.2) is 15.0 Å². The summed E-state index contributed by atoms with van der Waals surface area (Å²) < 4.78 is 2.00. The number of rotatable bonds is 5. The third kappa shape index (κ3) is 3.66. The van der Waals surface area contributed by atoms with E-state index in [0.717, 1.165) is 29.1 Å². The fourth-order valence-corrected chi connectivity index (χ4v) is 3.00. The van der Waals surface area contributed by atoms with Gasteiger partial charge in [-0.3, -0.25) is 4.79 Å². The normalized spacial score (nSPS) is 11.3. The van der Waals surface area contributed by atoms with Crippen LogP contribution in [0.1, 0.15) is 41.4 Å². The molecule has 0 saturated carbocycles. The van der Waals surface area contributed by atoms with Crippen LogP contribution in [-0.4, -0.2) is 37.2 Å². The quantitative estimate of drug-likeness (QED) is 0.762. The van der Waals surface area contributed by atoms with E-state index in [-0.39, 0.29) is 11.9 Å². The summed E-state index contributed by atoms with van der Waals surface area (Å²) in [6, 6.07) is 7.57. The molecule has 0 aliphatic carbocycles. The summed E-state index contributed by atoms with van der Waals surface area (Å²) in [6.07, 6.45) is 2.70. The van der Waals surface area contributed by atoms with E-state index < -0.39 is 0 Å². The zero-order chi connectivity index (χ0) is 18.8. The Labute approximate surface area is 152 Å². The van der Waals surface area contributed by atoms with E-state index in [1.165, 1.54) is 0 Å². The summed E-state index contributed by atoms with van der Waals surface area (Å²) in [6.45, 7) is 6.57. The van der Waals surface area contributed by atoms with Crippen molar-refractivity contribution in [1.82, 2.24) is 24.3 Å². The van der Waals surface area contributed by atoms with E-state index in [0.29, 0.717) is 18.2 Å². The van der Waals surface area contributed by atoms with Crippen LogP contribution >= 0.6 is 0 Å². The molecule has 2 N–H and O–H groups in total. The third-order valence-corrected chi connectivity index (χ3v) is 4.20. The summed E-state index contributed by atoms with van der Waals surface area (Å²) in [7, 11) is 1.75. The van der Waals surface area contributed by atoms with Gasteiger partial charge in [-0.1, -0.05) is 19.9 Å². The van der Waals surface area contributed by atoms with E-state index in [4.69, 9.17) is 5.73 Å². The van der Waals surface area contributed by atoms with Gasteiger partial charge in [0.05, 0.1) is 17.9 Å². The topological polar surface area (TPSA) is 89.4 Å². The third-order valence-electron chi connectivity index (χ3n) is 4.20. The van der Waals surface area contributed by atoms with Crippen molar-refractivity contribution in [1.29, 1.82) is 0 Å². The number of amides is 1. The Morgan fingerprint density at radius 3 is 2.77 bits per heavy atom. The van der Waals surface area contributed by atoms with Gasteiger partial charge < -0.3 is 15.0 Å². The van der Waals surface area contributed by atoms with Crippen LogP contribution in [0.15, 0.2) is 30.5 Å². The van der Waals surface area contributed by atoms with Crippen LogP contribution in [0.3, 0.4) is 0 Å². The number of nitrogen functional groups attached to an aromatic ring is 1. The summed E-state index contributed by atoms with van der Waals surface area (Å²) in [4.78, 5) is 27.4. The Morgan fingerprint density at radius 2 is 2.04 bits per heavy atom. The SMILES string of the molecule is Cc1nc2ccccn2c1CN(C)C(=O)c1cc(CC(C)C)nc(N)n1. The maximum atomic E-state index is 12.9. The molecule has 0 saturated heterocycles. The lowest BCUT2D eigenvalue weighted by atomic mass is 10.1. The average molecular weight is 352 g/mol. The first-order valence-corrected chi connectivity index (χ1v) is 8.66. The van der Waals surface area contributed by atoms with Crippen molar-refractivity contribution in [3.8, 4) is 0 Å². The molecule has 0 fully saturated rings. The molecule has 0 atom stereocenters. The number of aryl methyl sites for hydroxylation is 1. The molecule has 1 amide bonds. The summed E-state index contributed by atoms with van der Waals surface area (Å²) in [5.74, 6) is 0.367. The number of carbonyl (C=O) groups excluding carboxylic acids is 1. The van der Waals surface area contributed by atoms with E-state index >= 15 is 0 Å². The summed E-state index contributed by atoms with van der Waals surface area (Å²) in [5, 5.41) is 0. The monoisotopic (exact) mass is 352 g/mol. The minimum Gasteiger partial charge on any atom is -0.368 e. The maximum absolute atomic E-state index is 12.9. The van der Waals surface area contributed by atoms with Gasteiger partial charge in [-0.2, -0.15) is 0 Å². The van der Waals surface area contributed by atoms with E-state index in [9.17, 15) is 4.79 Å². The lowest BCUT2D eigenvalue weighted by molar-refractivity contribution is 0.0777. The smallest absolute Gasteiger partial charge is 0.272 e. The average Bonchev–Trinajstić information content (AvgIpc) is 2.88. The van der Waals surface area contributed by atoms with Crippen LogP contribution in [0.5, 0.6) is 0 Å². The van der Waals surface area contributed by atoms with Crippen molar-refractivity contribution in [2.45, 2.75) is 33.7 Å². The number of nitrogens with two attached hydrogens (primary N) is 1. The molecule has 0 bridgehead atoms. The van der Waals surface area contributed by atoms with Crippen molar-refractivity contribution >= 4 is 17.5 Å². The van der Waals surface area contributed by atoms with Crippen LogP contribution in [0.4, 0.5) is 5.95 Å². The second-order valence-electron chi connectivity index (χ2n) is 6.93. The van der Waals surface area contributed by atoms with Crippen LogP contribution in [0.2, 0.25) is 0 Å². The molecule has 136 valence electrons.